The molecule has 11 nitrogen and oxygen atoms in total. The highest BCUT2D eigenvalue weighted by atomic mass is 16.7. The average molecular weight is 466 g/mol. The van der Waals surface area contributed by atoms with Crippen molar-refractivity contribution < 1.29 is 44.3 Å². The molecule has 7 atom stereocenters. The van der Waals surface area contributed by atoms with Gasteiger partial charge in [0.1, 0.15) is 18.3 Å². The van der Waals surface area contributed by atoms with Gasteiger partial charge in [0.15, 0.2) is 6.10 Å². The fraction of sp³-hybridized carbons (Fsp3) is 0.591. The van der Waals surface area contributed by atoms with Crippen molar-refractivity contribution in [1.82, 2.24) is 10.2 Å². The standard InChI is InChI=1S/C22H30N2O9/c1-3-24(4-2)20(30)22(12-8-6-5-7-9-12)10-13(22)11-23-21(31)33-19-16(27)14(25)15(26)17(32-19)18(28)29/h5-9,13-17,19,25-27H,3-4,10-11H2,1-2H3,(H,23,31)(H,28,29)/t13-,14+,15+,16-,17+,19+,22+/m1/s1. The summed E-state index contributed by atoms with van der Waals surface area (Å²) in [5.74, 6) is -1.80. The lowest BCUT2D eigenvalue weighted by Gasteiger charge is -2.37. The quantitative estimate of drug-likeness (QED) is 0.337. The van der Waals surface area contributed by atoms with E-state index in [9.17, 15) is 29.7 Å². The highest BCUT2D eigenvalue weighted by molar-refractivity contribution is 5.92. The summed E-state index contributed by atoms with van der Waals surface area (Å²) >= 11 is 0. The first-order valence-corrected chi connectivity index (χ1v) is 10.9. The minimum Gasteiger partial charge on any atom is -0.479 e. The molecule has 11 heteroatoms. The number of nitrogens with zero attached hydrogens (tertiary/aromatic N) is 1. The lowest BCUT2D eigenvalue weighted by Crippen LogP contribution is -2.61. The number of likely N-dealkylation sites (N-methyl/N-ethyl adjacent to an activating group) is 1. The van der Waals surface area contributed by atoms with Crippen LogP contribution in [0.4, 0.5) is 4.79 Å². The summed E-state index contributed by atoms with van der Waals surface area (Å²) in [6, 6.07) is 9.32. The van der Waals surface area contributed by atoms with Gasteiger partial charge in [-0.05, 0) is 31.7 Å². The number of amides is 2. The van der Waals surface area contributed by atoms with Gasteiger partial charge >= 0.3 is 12.1 Å². The molecule has 1 aromatic carbocycles. The van der Waals surface area contributed by atoms with Crippen LogP contribution in [-0.4, -0.2) is 93.6 Å². The zero-order valence-electron chi connectivity index (χ0n) is 18.5. The number of benzene rings is 1. The fourth-order valence-corrected chi connectivity index (χ4v) is 4.35. The molecule has 2 amide bonds. The van der Waals surface area contributed by atoms with Crippen LogP contribution in [0.3, 0.4) is 0 Å². The Bertz CT molecular complexity index is 863. The third-order valence-electron chi connectivity index (χ3n) is 6.36. The van der Waals surface area contributed by atoms with Crippen molar-refractivity contribution in [3.8, 4) is 0 Å². The van der Waals surface area contributed by atoms with Gasteiger partial charge in [-0.3, -0.25) is 4.79 Å². The number of nitrogens with one attached hydrogen (secondary N) is 1. The van der Waals surface area contributed by atoms with Gasteiger partial charge in [0, 0.05) is 19.6 Å². The molecule has 5 N–H and O–H groups in total. The molecule has 2 aliphatic rings. The maximum absolute atomic E-state index is 13.3. The minimum absolute atomic E-state index is 0.0219. The lowest BCUT2D eigenvalue weighted by molar-refractivity contribution is -0.278. The van der Waals surface area contributed by atoms with E-state index in [-0.39, 0.29) is 18.4 Å². The van der Waals surface area contributed by atoms with Crippen LogP contribution in [0.25, 0.3) is 0 Å². The summed E-state index contributed by atoms with van der Waals surface area (Å²) in [4.78, 5) is 38.5. The summed E-state index contributed by atoms with van der Waals surface area (Å²) in [5.41, 5.74) is 0.0883. The van der Waals surface area contributed by atoms with Crippen molar-refractivity contribution in [2.24, 2.45) is 5.92 Å². The van der Waals surface area contributed by atoms with Gasteiger partial charge in [-0.2, -0.15) is 0 Å². The van der Waals surface area contributed by atoms with E-state index in [1.54, 1.807) is 4.90 Å². The highest BCUT2D eigenvalue weighted by Crippen LogP contribution is 2.55. The molecule has 3 rings (SSSR count). The van der Waals surface area contributed by atoms with Crippen molar-refractivity contribution in [2.45, 2.75) is 56.4 Å². The smallest absolute Gasteiger partial charge is 0.409 e. The fourth-order valence-electron chi connectivity index (χ4n) is 4.35. The normalized spacial score (nSPS) is 33.1. The molecule has 0 spiro atoms. The molecule has 1 saturated carbocycles. The van der Waals surface area contributed by atoms with Crippen LogP contribution < -0.4 is 5.32 Å². The Hall–Kier alpha value is -2.73. The molecule has 1 aromatic rings. The van der Waals surface area contributed by atoms with Crippen molar-refractivity contribution in [2.75, 3.05) is 19.6 Å². The predicted octanol–water partition coefficient (Wildman–Crippen LogP) is -0.569. The largest absolute Gasteiger partial charge is 0.479 e. The van der Waals surface area contributed by atoms with E-state index in [2.05, 4.69) is 5.32 Å². The van der Waals surface area contributed by atoms with Crippen LogP contribution in [-0.2, 0) is 24.5 Å². The molecule has 1 heterocycles. The van der Waals surface area contributed by atoms with Gasteiger partial charge in [-0.15, -0.1) is 0 Å². The predicted molar refractivity (Wildman–Crippen MR) is 113 cm³/mol. The molecule has 1 saturated heterocycles. The Morgan fingerprint density at radius 1 is 1.09 bits per heavy atom. The first-order chi connectivity index (χ1) is 15.7. The second kappa shape index (κ2) is 10.0. The molecular weight excluding hydrogens is 436 g/mol. The zero-order chi connectivity index (χ0) is 24.3. The molecule has 1 aliphatic heterocycles. The van der Waals surface area contributed by atoms with Crippen LogP contribution in [0.1, 0.15) is 25.8 Å². The number of carbonyl (C=O) groups excluding carboxylic acids is 2. The van der Waals surface area contributed by atoms with E-state index >= 15 is 0 Å². The van der Waals surface area contributed by atoms with Crippen molar-refractivity contribution in [3.63, 3.8) is 0 Å². The SMILES string of the molecule is CCN(CC)C(=O)[C@]1(c2ccccc2)C[C@@H]1CNC(=O)O[C@@H]1O[C@H](C(=O)O)[C@@H](O)[C@H](O)[C@H]1O. The molecule has 182 valence electrons. The first kappa shape index (κ1) is 24.9. The molecule has 0 unspecified atom stereocenters. The zero-order valence-corrected chi connectivity index (χ0v) is 18.5. The lowest BCUT2D eigenvalue weighted by atomic mass is 9.91. The Morgan fingerprint density at radius 2 is 1.73 bits per heavy atom. The molecule has 0 bridgehead atoms. The van der Waals surface area contributed by atoms with E-state index in [0.717, 1.165) is 5.56 Å². The van der Waals surface area contributed by atoms with Crippen LogP contribution in [0, 0.1) is 5.92 Å². The summed E-state index contributed by atoms with van der Waals surface area (Å²) in [7, 11) is 0. The van der Waals surface area contributed by atoms with Gasteiger partial charge < -0.3 is 40.1 Å². The Morgan fingerprint density at radius 3 is 2.30 bits per heavy atom. The number of aliphatic hydroxyl groups is 3. The van der Waals surface area contributed by atoms with Crippen LogP contribution in [0.2, 0.25) is 0 Å². The number of carbonyl (C=O) groups is 3. The third kappa shape index (κ3) is 4.81. The van der Waals surface area contributed by atoms with E-state index < -0.39 is 48.2 Å². The number of aliphatic carboxylic acids is 1. The maximum atomic E-state index is 13.3. The molecule has 0 radical (unpaired) electrons. The molecule has 33 heavy (non-hydrogen) atoms. The van der Waals surface area contributed by atoms with E-state index in [0.29, 0.717) is 19.5 Å². The van der Waals surface area contributed by atoms with Gasteiger partial charge in [-0.1, -0.05) is 30.3 Å². The van der Waals surface area contributed by atoms with Crippen LogP contribution >= 0.6 is 0 Å². The van der Waals surface area contributed by atoms with Crippen molar-refractivity contribution in [3.05, 3.63) is 35.9 Å². The topological polar surface area (TPSA) is 166 Å². The van der Waals surface area contributed by atoms with E-state index in [1.165, 1.54) is 0 Å². The number of ether oxygens (including phenoxy) is 2. The first-order valence-electron chi connectivity index (χ1n) is 10.9. The molecule has 0 aromatic heterocycles. The van der Waals surface area contributed by atoms with Gasteiger partial charge in [0.05, 0.1) is 5.41 Å². The van der Waals surface area contributed by atoms with Crippen molar-refractivity contribution >= 4 is 18.0 Å². The Balaban J connectivity index is 1.65. The van der Waals surface area contributed by atoms with Crippen LogP contribution in [0.15, 0.2) is 30.3 Å². The van der Waals surface area contributed by atoms with Gasteiger partial charge in [0.25, 0.3) is 0 Å². The maximum Gasteiger partial charge on any atom is 0.409 e. The monoisotopic (exact) mass is 466 g/mol. The number of alkyl carbamates (subject to hydrolysis) is 1. The number of carboxylic acids is 1. The second-order valence-corrected chi connectivity index (χ2v) is 8.24. The third-order valence-corrected chi connectivity index (χ3v) is 6.36. The summed E-state index contributed by atoms with van der Waals surface area (Å²) in [6.07, 6.45) is -9.75. The Kier molecular flexibility index (Phi) is 7.58. The summed E-state index contributed by atoms with van der Waals surface area (Å²) in [6.45, 7) is 5.01. The van der Waals surface area contributed by atoms with E-state index in [1.807, 2.05) is 44.2 Å². The highest BCUT2D eigenvalue weighted by Gasteiger charge is 2.61. The number of carboxylic acid groups (broad SMARTS) is 1. The average Bonchev–Trinajstić information content (AvgIpc) is 3.54. The molecule has 1 aliphatic carbocycles. The van der Waals surface area contributed by atoms with Crippen molar-refractivity contribution in [1.29, 1.82) is 0 Å². The Labute approximate surface area is 190 Å². The summed E-state index contributed by atoms with van der Waals surface area (Å²) in [5, 5.41) is 41.1. The number of aliphatic hydroxyl groups excluding tert-OH is 3. The van der Waals surface area contributed by atoms with Gasteiger partial charge in [0.2, 0.25) is 12.2 Å². The number of rotatable bonds is 8. The van der Waals surface area contributed by atoms with Gasteiger partial charge in [-0.25, -0.2) is 9.59 Å². The molecular formula is C22H30N2O9. The number of hydrogen-bond donors (Lipinski definition) is 5. The van der Waals surface area contributed by atoms with E-state index in [4.69, 9.17) is 14.6 Å². The second-order valence-electron chi connectivity index (χ2n) is 8.24. The molecule has 2 fully saturated rings. The number of hydrogen-bond acceptors (Lipinski definition) is 8. The minimum atomic E-state index is -1.88. The summed E-state index contributed by atoms with van der Waals surface area (Å²) < 4.78 is 9.89. The van der Waals surface area contributed by atoms with Crippen LogP contribution in [0.5, 0.6) is 0 Å².